The molecule has 0 rings (SSSR count). The lowest BCUT2D eigenvalue weighted by atomic mass is 10.1. The van der Waals surface area contributed by atoms with E-state index in [0.29, 0.717) is 0 Å². The lowest BCUT2D eigenvalue weighted by Gasteiger charge is -2.11. The van der Waals surface area contributed by atoms with Crippen molar-refractivity contribution in [1.82, 2.24) is 0 Å². The molecule has 0 atom stereocenters. The summed E-state index contributed by atoms with van der Waals surface area (Å²) in [7, 11) is 0. The molecule has 0 spiro atoms. The standard InChI is InChI=1S/C5H11NO3/c1-4(6(8)9)5(2,3)7/h7H,1-3H3,(H,8,9). The maximum absolute atomic E-state index is 10.1. The fraction of sp³-hybridized carbons (Fsp3) is 0.800. The second-order valence-electron chi connectivity index (χ2n) is 2.42. The fourth-order valence-electron chi connectivity index (χ4n) is 0.234. The van der Waals surface area contributed by atoms with Crippen LogP contribution in [0.5, 0.6) is 0 Å². The number of aliphatic hydroxyl groups is 1. The Hall–Kier alpha value is -0.770. The lowest BCUT2D eigenvalue weighted by Crippen LogP contribution is -2.34. The molecule has 4 nitrogen and oxygen atoms in total. The van der Waals surface area contributed by atoms with Crippen molar-refractivity contribution in [3.63, 3.8) is 0 Å². The van der Waals surface area contributed by atoms with Crippen LogP contribution in [0.3, 0.4) is 0 Å². The lowest BCUT2D eigenvalue weighted by molar-refractivity contribution is -0.728. The van der Waals surface area contributed by atoms with Crippen LogP contribution in [0.25, 0.3) is 0 Å². The highest BCUT2D eigenvalue weighted by atomic mass is 16.8. The molecule has 54 valence electrons. The van der Waals surface area contributed by atoms with Gasteiger partial charge in [0, 0.05) is 11.8 Å². The van der Waals surface area contributed by atoms with Crippen molar-refractivity contribution in [3.8, 4) is 0 Å². The van der Waals surface area contributed by atoms with Gasteiger partial charge in [0.1, 0.15) is 5.60 Å². The summed E-state index contributed by atoms with van der Waals surface area (Å²) in [5.41, 5.74) is -1.27. The summed E-state index contributed by atoms with van der Waals surface area (Å²) in [4.78, 5) is -0.333. The molecule has 0 aliphatic heterocycles. The van der Waals surface area contributed by atoms with Crippen LogP contribution < -0.4 is 0 Å². The van der Waals surface area contributed by atoms with Crippen LogP contribution in [-0.4, -0.2) is 26.5 Å². The molecule has 0 saturated heterocycles. The summed E-state index contributed by atoms with van der Waals surface area (Å²) < 4.78 is 0. The molecule has 0 fully saturated rings. The molecule has 0 radical (unpaired) electrons. The van der Waals surface area contributed by atoms with Crippen LogP contribution in [0.2, 0.25) is 0 Å². The minimum absolute atomic E-state index is 0.0255. The molecule has 2 N–H and O–H groups in total. The zero-order valence-corrected chi connectivity index (χ0v) is 5.75. The Morgan fingerprint density at radius 1 is 1.56 bits per heavy atom. The Morgan fingerprint density at radius 2 is 1.89 bits per heavy atom. The van der Waals surface area contributed by atoms with Crippen LogP contribution in [0.4, 0.5) is 0 Å². The van der Waals surface area contributed by atoms with E-state index >= 15 is 0 Å². The van der Waals surface area contributed by atoms with Gasteiger partial charge in [-0.2, -0.15) is 0 Å². The van der Waals surface area contributed by atoms with E-state index in [9.17, 15) is 5.21 Å². The van der Waals surface area contributed by atoms with Crippen LogP contribution in [-0.2, 0) is 0 Å². The molecule has 0 heterocycles. The highest BCUT2D eigenvalue weighted by Gasteiger charge is 2.25. The zero-order valence-electron chi connectivity index (χ0n) is 5.75. The van der Waals surface area contributed by atoms with Gasteiger partial charge < -0.3 is 10.3 Å². The SMILES string of the molecule is C/C(=[N+](\[O-])O)C(C)(C)O. The minimum atomic E-state index is -1.24. The molecule has 0 bridgehead atoms. The monoisotopic (exact) mass is 133 g/mol. The van der Waals surface area contributed by atoms with E-state index in [2.05, 4.69) is 0 Å². The molecule has 0 amide bonds. The molecule has 0 saturated carbocycles. The average Bonchev–Trinajstić information content (AvgIpc) is 1.62. The third-order valence-electron chi connectivity index (χ3n) is 1.17. The first-order valence-electron chi connectivity index (χ1n) is 2.58. The van der Waals surface area contributed by atoms with Gasteiger partial charge in [0.25, 0.3) is 0 Å². The second kappa shape index (κ2) is 2.23. The van der Waals surface area contributed by atoms with Crippen LogP contribution >= 0.6 is 0 Å². The molecule has 0 unspecified atom stereocenters. The molecule has 0 aromatic carbocycles. The van der Waals surface area contributed by atoms with Gasteiger partial charge in [-0.15, -0.1) is 0 Å². The third kappa shape index (κ3) is 2.32. The first-order chi connectivity index (χ1) is 3.85. The highest BCUT2D eigenvalue weighted by molar-refractivity contribution is 5.84. The summed E-state index contributed by atoms with van der Waals surface area (Å²) in [6.45, 7) is 4.19. The quantitative estimate of drug-likeness (QED) is 0.231. The van der Waals surface area contributed by atoms with Crippen molar-refractivity contribution in [3.05, 3.63) is 5.21 Å². The molecule has 9 heavy (non-hydrogen) atoms. The van der Waals surface area contributed by atoms with Gasteiger partial charge in [-0.25, -0.2) is 0 Å². The van der Waals surface area contributed by atoms with Crippen molar-refractivity contribution in [2.45, 2.75) is 26.4 Å². The van der Waals surface area contributed by atoms with Crippen molar-refractivity contribution >= 4 is 5.71 Å². The molecule has 0 aromatic heterocycles. The molecule has 0 aliphatic carbocycles. The Labute approximate surface area is 53.6 Å². The maximum Gasteiger partial charge on any atom is 0.249 e. The van der Waals surface area contributed by atoms with Crippen molar-refractivity contribution in [1.29, 1.82) is 0 Å². The van der Waals surface area contributed by atoms with Gasteiger partial charge in [-0.3, -0.25) is 5.21 Å². The molecular weight excluding hydrogens is 122 g/mol. The molecule has 4 heteroatoms. The molecule has 0 aliphatic rings. The Morgan fingerprint density at radius 3 is 1.89 bits per heavy atom. The summed E-state index contributed by atoms with van der Waals surface area (Å²) in [5.74, 6) is 0. The predicted molar refractivity (Wildman–Crippen MR) is 32.4 cm³/mol. The maximum atomic E-state index is 10.1. The normalized spacial score (nSPS) is 15.1. The van der Waals surface area contributed by atoms with Crippen LogP contribution in [0.15, 0.2) is 0 Å². The van der Waals surface area contributed by atoms with E-state index in [0.717, 1.165) is 0 Å². The Bertz CT molecular complexity index is 130. The largest absolute Gasteiger partial charge is 0.418 e. The minimum Gasteiger partial charge on any atom is -0.418 e. The summed E-state index contributed by atoms with van der Waals surface area (Å²) in [6.07, 6.45) is 0. The summed E-state index contributed by atoms with van der Waals surface area (Å²) >= 11 is 0. The highest BCUT2D eigenvalue weighted by Crippen LogP contribution is 2.02. The van der Waals surface area contributed by atoms with Gasteiger partial charge in [-0.05, 0) is 13.8 Å². The van der Waals surface area contributed by atoms with Gasteiger partial charge in [0.05, 0.1) is 0 Å². The zero-order chi connectivity index (χ0) is 7.65. The summed E-state index contributed by atoms with van der Waals surface area (Å²) in [5, 5.41) is 27.3. The van der Waals surface area contributed by atoms with Gasteiger partial charge >= 0.3 is 0 Å². The van der Waals surface area contributed by atoms with Crippen LogP contribution in [0.1, 0.15) is 20.8 Å². The van der Waals surface area contributed by atoms with Gasteiger partial charge in [-0.1, -0.05) is 0 Å². The Balaban J connectivity index is 4.40. The van der Waals surface area contributed by atoms with E-state index in [-0.39, 0.29) is 10.6 Å². The average molecular weight is 133 g/mol. The molecular formula is C5H11NO3. The number of hydrogen-bond acceptors (Lipinski definition) is 3. The van der Waals surface area contributed by atoms with E-state index in [4.69, 9.17) is 10.3 Å². The second-order valence-corrected chi connectivity index (χ2v) is 2.42. The Kier molecular flexibility index (Phi) is 2.03. The summed E-state index contributed by atoms with van der Waals surface area (Å²) in [6, 6.07) is 0. The number of hydrogen-bond donors (Lipinski definition) is 2. The topological polar surface area (TPSA) is 66.5 Å². The first kappa shape index (κ1) is 8.23. The fourth-order valence-corrected chi connectivity index (χ4v) is 0.234. The van der Waals surface area contributed by atoms with E-state index < -0.39 is 5.60 Å². The first-order valence-corrected chi connectivity index (χ1v) is 2.58. The number of rotatable bonds is 1. The number of nitrogens with zero attached hydrogens (tertiary/aromatic N) is 1. The van der Waals surface area contributed by atoms with Crippen molar-refractivity contribution < 1.29 is 15.2 Å². The van der Waals surface area contributed by atoms with Crippen molar-refractivity contribution in [2.75, 3.05) is 0 Å². The van der Waals surface area contributed by atoms with E-state index in [1.807, 2.05) is 0 Å². The van der Waals surface area contributed by atoms with Gasteiger partial charge in [0.2, 0.25) is 5.71 Å². The van der Waals surface area contributed by atoms with Crippen molar-refractivity contribution in [2.24, 2.45) is 0 Å². The van der Waals surface area contributed by atoms with E-state index in [1.165, 1.54) is 20.8 Å². The van der Waals surface area contributed by atoms with E-state index in [1.54, 1.807) is 0 Å². The van der Waals surface area contributed by atoms with Gasteiger partial charge in [0.15, 0.2) is 0 Å². The third-order valence-corrected chi connectivity index (χ3v) is 1.17. The smallest absolute Gasteiger partial charge is 0.249 e. The van der Waals surface area contributed by atoms with Crippen LogP contribution in [0, 0.1) is 5.21 Å². The predicted octanol–water partition coefficient (Wildman–Crippen LogP) is 0.118. The molecule has 0 aromatic rings.